The average Bonchev–Trinajstić information content (AvgIpc) is 3.52. The molecule has 2 amide bonds. The van der Waals surface area contributed by atoms with Gasteiger partial charge in [-0.2, -0.15) is 5.26 Å². The number of methoxy groups -OCH3 is 1. The molecule has 4 rings (SSSR count). The Kier molecular flexibility index (Phi) is 8.44. The van der Waals surface area contributed by atoms with Crippen molar-refractivity contribution in [3.8, 4) is 17.6 Å². The molecule has 0 aliphatic heterocycles. The number of halogens is 1. The number of carbonyl (C=O) groups excluding carboxylic acids is 2. The monoisotopic (exact) mass is 529 g/mol. The number of benzene rings is 1. The van der Waals surface area contributed by atoms with Crippen molar-refractivity contribution in [1.29, 1.82) is 5.26 Å². The minimum Gasteiger partial charge on any atom is -0.496 e. The number of hydrogen-bond donors (Lipinski definition) is 3. The molecule has 10 heteroatoms. The van der Waals surface area contributed by atoms with E-state index >= 15 is 0 Å². The molecule has 3 aliphatic rings. The van der Waals surface area contributed by atoms with Crippen LogP contribution in [0.2, 0.25) is 0 Å². The second kappa shape index (κ2) is 11.6. The van der Waals surface area contributed by atoms with Crippen molar-refractivity contribution in [3.05, 3.63) is 23.3 Å². The molecule has 0 aromatic heterocycles. The molecule has 3 N–H and O–H groups in total. The van der Waals surface area contributed by atoms with E-state index in [1.807, 2.05) is 0 Å². The average molecular weight is 530 g/mol. The summed E-state index contributed by atoms with van der Waals surface area (Å²) in [5, 5.41) is 25.1. The molecular formula is C28H36FN3O6. The van der Waals surface area contributed by atoms with E-state index in [0.29, 0.717) is 25.7 Å². The standard InChI is InChI=1S/C28H36FN3O6/c1-28(27(35)36)8-6-19(7-9-28)38-21-14-20(22(37-2)13-18(21)15-30)25(33)32-24-17-5-4-16(12-17)23(24)26(34)31-11-3-10-29/h13-14,16-17,19,23-24H,3-12H2,1-2H3,(H,31,34)(H,32,33)(H,35,36)/t16-,17+,19?,23+,24-,28?/m1/s1. The maximum absolute atomic E-state index is 13.5. The number of nitriles is 1. The van der Waals surface area contributed by atoms with E-state index in [2.05, 4.69) is 16.7 Å². The van der Waals surface area contributed by atoms with Crippen molar-refractivity contribution >= 4 is 17.8 Å². The van der Waals surface area contributed by atoms with Crippen LogP contribution in [0.1, 0.15) is 74.2 Å². The highest BCUT2D eigenvalue weighted by Crippen LogP contribution is 2.49. The Hall–Kier alpha value is -3.35. The molecule has 2 bridgehead atoms. The number of aliphatic carboxylic acids is 1. The number of amides is 2. The molecule has 0 spiro atoms. The first-order valence-corrected chi connectivity index (χ1v) is 13.4. The van der Waals surface area contributed by atoms with Gasteiger partial charge in [0.1, 0.15) is 17.6 Å². The third kappa shape index (κ3) is 5.57. The summed E-state index contributed by atoms with van der Waals surface area (Å²) in [4.78, 5) is 38.0. The van der Waals surface area contributed by atoms with Crippen molar-refractivity contribution in [3.63, 3.8) is 0 Å². The fraction of sp³-hybridized carbons (Fsp3) is 0.643. The van der Waals surface area contributed by atoms with Crippen molar-refractivity contribution in [2.75, 3.05) is 20.3 Å². The molecule has 3 aliphatic carbocycles. The van der Waals surface area contributed by atoms with Crippen LogP contribution in [0, 0.1) is 34.5 Å². The summed E-state index contributed by atoms with van der Waals surface area (Å²) in [6.07, 6.45) is 4.65. The SMILES string of the molecule is COc1cc(C#N)c(OC2CCC(C)(C(=O)O)CC2)cc1C(=O)N[C@@H]1[C@H]2CC[C@H](C2)[C@@H]1C(=O)NCCCF. The van der Waals surface area contributed by atoms with Crippen LogP contribution in [-0.2, 0) is 9.59 Å². The Morgan fingerprint density at radius 1 is 1.16 bits per heavy atom. The van der Waals surface area contributed by atoms with Gasteiger partial charge in [-0.25, -0.2) is 0 Å². The summed E-state index contributed by atoms with van der Waals surface area (Å²) in [5.74, 6) is -0.937. The number of nitrogens with one attached hydrogen (secondary N) is 2. The normalized spacial score (nSPS) is 29.8. The second-order valence-electron chi connectivity index (χ2n) is 11.0. The predicted octanol–water partition coefficient (Wildman–Crippen LogP) is 3.60. The fourth-order valence-electron chi connectivity index (χ4n) is 6.33. The molecule has 0 unspecified atom stereocenters. The van der Waals surface area contributed by atoms with E-state index in [0.717, 1.165) is 19.3 Å². The Morgan fingerprint density at radius 2 is 1.87 bits per heavy atom. The number of carboxylic acid groups (broad SMARTS) is 1. The Bertz CT molecular complexity index is 1110. The molecular weight excluding hydrogens is 493 g/mol. The maximum atomic E-state index is 13.5. The second-order valence-corrected chi connectivity index (χ2v) is 11.0. The smallest absolute Gasteiger partial charge is 0.309 e. The molecule has 3 fully saturated rings. The molecule has 0 heterocycles. The first kappa shape index (κ1) is 27.7. The zero-order valence-corrected chi connectivity index (χ0v) is 21.9. The van der Waals surface area contributed by atoms with Gasteiger partial charge in [-0.05, 0) is 76.2 Å². The van der Waals surface area contributed by atoms with Gasteiger partial charge >= 0.3 is 5.97 Å². The van der Waals surface area contributed by atoms with Crippen molar-refractivity contribution in [1.82, 2.24) is 10.6 Å². The Balaban J connectivity index is 1.51. The molecule has 4 atom stereocenters. The lowest BCUT2D eigenvalue weighted by Crippen LogP contribution is -2.50. The quantitative estimate of drug-likeness (QED) is 0.394. The van der Waals surface area contributed by atoms with Crippen LogP contribution in [0.3, 0.4) is 0 Å². The summed E-state index contributed by atoms with van der Waals surface area (Å²) < 4.78 is 24.1. The van der Waals surface area contributed by atoms with Gasteiger partial charge in [-0.15, -0.1) is 0 Å². The third-order valence-electron chi connectivity index (χ3n) is 8.64. The van der Waals surface area contributed by atoms with Crippen LogP contribution in [0.4, 0.5) is 4.39 Å². The molecule has 1 aromatic rings. The van der Waals surface area contributed by atoms with Gasteiger partial charge in [-0.3, -0.25) is 18.8 Å². The molecule has 206 valence electrons. The van der Waals surface area contributed by atoms with Gasteiger partial charge in [0.05, 0.1) is 42.3 Å². The summed E-state index contributed by atoms with van der Waals surface area (Å²) >= 11 is 0. The lowest BCUT2D eigenvalue weighted by molar-refractivity contribution is -0.150. The van der Waals surface area contributed by atoms with Gasteiger partial charge < -0.3 is 25.2 Å². The lowest BCUT2D eigenvalue weighted by atomic mass is 9.75. The van der Waals surface area contributed by atoms with Gasteiger partial charge in [0, 0.05) is 18.7 Å². The van der Waals surface area contributed by atoms with Crippen LogP contribution in [0.5, 0.6) is 11.5 Å². The van der Waals surface area contributed by atoms with E-state index in [1.165, 1.54) is 19.2 Å². The number of carboxylic acids is 1. The van der Waals surface area contributed by atoms with Crippen molar-refractivity contribution < 1.29 is 33.4 Å². The van der Waals surface area contributed by atoms with E-state index in [4.69, 9.17) is 9.47 Å². The van der Waals surface area contributed by atoms with E-state index < -0.39 is 24.0 Å². The van der Waals surface area contributed by atoms with Gasteiger partial charge in [-0.1, -0.05) is 0 Å². The van der Waals surface area contributed by atoms with Crippen molar-refractivity contribution in [2.24, 2.45) is 23.2 Å². The fourth-order valence-corrected chi connectivity index (χ4v) is 6.33. The number of rotatable bonds is 10. The topological polar surface area (TPSA) is 138 Å². The highest BCUT2D eigenvalue weighted by molar-refractivity contribution is 5.98. The van der Waals surface area contributed by atoms with Crippen LogP contribution < -0.4 is 20.1 Å². The summed E-state index contributed by atoms with van der Waals surface area (Å²) in [7, 11) is 1.42. The van der Waals surface area contributed by atoms with Crippen LogP contribution in [-0.4, -0.2) is 55.4 Å². The number of hydrogen-bond acceptors (Lipinski definition) is 6. The van der Waals surface area contributed by atoms with Crippen molar-refractivity contribution in [2.45, 2.75) is 70.4 Å². The largest absolute Gasteiger partial charge is 0.496 e. The zero-order chi connectivity index (χ0) is 27.4. The molecule has 3 saturated carbocycles. The van der Waals surface area contributed by atoms with E-state index in [1.54, 1.807) is 6.92 Å². The number of ether oxygens (including phenoxy) is 2. The minimum absolute atomic E-state index is 0.155. The Labute approximate surface area is 222 Å². The van der Waals surface area contributed by atoms with Crippen LogP contribution in [0.15, 0.2) is 12.1 Å². The number of alkyl halides is 1. The maximum Gasteiger partial charge on any atom is 0.309 e. The summed E-state index contributed by atoms with van der Waals surface area (Å²) in [5.41, 5.74) is -0.375. The molecule has 9 nitrogen and oxygen atoms in total. The third-order valence-corrected chi connectivity index (χ3v) is 8.64. The molecule has 0 radical (unpaired) electrons. The van der Waals surface area contributed by atoms with Gasteiger partial charge in [0.15, 0.2) is 0 Å². The Morgan fingerprint density at radius 3 is 2.50 bits per heavy atom. The first-order chi connectivity index (χ1) is 18.2. The molecule has 1 aromatic carbocycles. The first-order valence-electron chi connectivity index (χ1n) is 13.4. The van der Waals surface area contributed by atoms with Crippen LogP contribution in [0.25, 0.3) is 0 Å². The summed E-state index contributed by atoms with van der Waals surface area (Å²) in [6, 6.07) is 4.72. The number of nitrogens with zero attached hydrogens (tertiary/aromatic N) is 1. The highest BCUT2D eigenvalue weighted by atomic mass is 19.1. The predicted molar refractivity (Wildman–Crippen MR) is 136 cm³/mol. The summed E-state index contributed by atoms with van der Waals surface area (Å²) in [6.45, 7) is 1.49. The van der Waals surface area contributed by atoms with E-state index in [9.17, 15) is 29.1 Å². The lowest BCUT2D eigenvalue weighted by Gasteiger charge is -2.34. The minimum atomic E-state index is -0.827. The van der Waals surface area contributed by atoms with Gasteiger partial charge in [0.25, 0.3) is 5.91 Å². The highest BCUT2D eigenvalue weighted by Gasteiger charge is 2.51. The van der Waals surface area contributed by atoms with E-state index in [-0.39, 0.29) is 71.4 Å². The molecule has 0 saturated heterocycles. The van der Waals surface area contributed by atoms with Gasteiger partial charge in [0.2, 0.25) is 5.91 Å². The number of carbonyl (C=O) groups is 3. The van der Waals surface area contributed by atoms with Crippen LogP contribution >= 0.6 is 0 Å². The zero-order valence-electron chi connectivity index (χ0n) is 21.9. The molecule has 38 heavy (non-hydrogen) atoms. The number of fused-ring (bicyclic) bond motifs is 2.